The van der Waals surface area contributed by atoms with Gasteiger partial charge >= 0.3 is 5.97 Å². The first kappa shape index (κ1) is 17.9. The summed E-state index contributed by atoms with van der Waals surface area (Å²) in [5.74, 6) is 0.178. The maximum absolute atomic E-state index is 11.5. The van der Waals surface area contributed by atoms with Crippen LogP contribution in [0.2, 0.25) is 0 Å². The van der Waals surface area contributed by atoms with Crippen molar-refractivity contribution in [3.8, 4) is 5.75 Å². The van der Waals surface area contributed by atoms with Crippen molar-refractivity contribution in [2.75, 3.05) is 18.6 Å². The molecule has 2 aromatic rings. The van der Waals surface area contributed by atoms with E-state index in [1.807, 2.05) is 25.1 Å². The number of anilines is 2. The number of esters is 1. The molecule has 4 heteroatoms. The summed E-state index contributed by atoms with van der Waals surface area (Å²) in [5.41, 5.74) is 7.02. The maximum atomic E-state index is 11.5. The van der Waals surface area contributed by atoms with Crippen molar-refractivity contribution in [2.45, 2.75) is 46.0 Å². The quantitative estimate of drug-likeness (QED) is 0.809. The lowest BCUT2D eigenvalue weighted by Crippen LogP contribution is -2.46. The number of rotatable bonds is 3. The molecule has 1 aliphatic carbocycles. The number of phenolic OH excluding ortho intramolecular Hbond substituents is 1. The number of aromatic hydroxyl groups is 1. The fourth-order valence-electron chi connectivity index (χ4n) is 4.60. The summed E-state index contributed by atoms with van der Waals surface area (Å²) in [6.45, 7) is 5.10. The van der Waals surface area contributed by atoms with Crippen LogP contribution in [0.3, 0.4) is 0 Å². The standard InChI is InChI=1S/C23H27NO3/c1-15-16(2)22-18(12-20(15)25)13-23(9-4-10-23)14-24(22)19-7-5-17(6-8-19)11-21(26)27-3/h5-8,12,25H,4,9-11,13-14H2,1-3H3. The largest absolute Gasteiger partial charge is 0.508 e. The third kappa shape index (κ3) is 3.07. The van der Waals surface area contributed by atoms with Gasteiger partial charge in [0.1, 0.15) is 5.75 Å². The predicted octanol–water partition coefficient (Wildman–Crippen LogP) is 4.59. The fourth-order valence-corrected chi connectivity index (χ4v) is 4.60. The molecular weight excluding hydrogens is 338 g/mol. The van der Waals surface area contributed by atoms with Gasteiger partial charge < -0.3 is 14.7 Å². The SMILES string of the molecule is COC(=O)Cc1ccc(N2CC3(CCC3)Cc3cc(O)c(C)c(C)c32)cc1. The molecule has 0 aromatic heterocycles. The second-order valence-corrected chi connectivity index (χ2v) is 8.19. The van der Waals surface area contributed by atoms with E-state index in [1.165, 1.54) is 37.6 Å². The topological polar surface area (TPSA) is 49.8 Å². The second-order valence-electron chi connectivity index (χ2n) is 8.19. The first-order chi connectivity index (χ1) is 12.9. The molecule has 4 rings (SSSR count). The van der Waals surface area contributed by atoms with Crippen molar-refractivity contribution in [2.24, 2.45) is 5.41 Å². The average Bonchev–Trinajstić information content (AvgIpc) is 2.64. The normalized spacial score (nSPS) is 17.4. The summed E-state index contributed by atoms with van der Waals surface area (Å²) in [7, 11) is 1.42. The van der Waals surface area contributed by atoms with Crippen molar-refractivity contribution < 1.29 is 14.6 Å². The van der Waals surface area contributed by atoms with Crippen LogP contribution in [0.4, 0.5) is 11.4 Å². The minimum Gasteiger partial charge on any atom is -0.508 e. The highest BCUT2D eigenvalue weighted by Crippen LogP contribution is 2.53. The number of fused-ring (bicyclic) bond motifs is 1. The van der Waals surface area contributed by atoms with E-state index in [-0.39, 0.29) is 5.97 Å². The van der Waals surface area contributed by atoms with Crippen LogP contribution in [0.15, 0.2) is 30.3 Å². The highest BCUT2D eigenvalue weighted by atomic mass is 16.5. The van der Waals surface area contributed by atoms with Gasteiger partial charge in [-0.05, 0) is 79.0 Å². The van der Waals surface area contributed by atoms with Crippen LogP contribution in [0.25, 0.3) is 0 Å². The van der Waals surface area contributed by atoms with Gasteiger partial charge in [0.15, 0.2) is 0 Å². The number of phenols is 1. The fraction of sp³-hybridized carbons (Fsp3) is 0.435. The zero-order valence-corrected chi connectivity index (χ0v) is 16.3. The number of benzene rings is 2. The molecule has 1 aliphatic heterocycles. The molecule has 0 radical (unpaired) electrons. The molecule has 1 N–H and O–H groups in total. The predicted molar refractivity (Wildman–Crippen MR) is 107 cm³/mol. The van der Waals surface area contributed by atoms with Crippen molar-refractivity contribution in [1.82, 2.24) is 0 Å². The zero-order valence-electron chi connectivity index (χ0n) is 16.3. The molecule has 142 valence electrons. The van der Waals surface area contributed by atoms with Gasteiger partial charge in [-0.1, -0.05) is 18.6 Å². The molecular formula is C23H27NO3. The van der Waals surface area contributed by atoms with Crippen LogP contribution in [-0.4, -0.2) is 24.7 Å². The number of methoxy groups -OCH3 is 1. The molecule has 0 bridgehead atoms. The smallest absolute Gasteiger partial charge is 0.309 e. The van der Waals surface area contributed by atoms with E-state index in [2.05, 4.69) is 24.0 Å². The van der Waals surface area contributed by atoms with Gasteiger partial charge in [0.25, 0.3) is 0 Å². The summed E-state index contributed by atoms with van der Waals surface area (Å²) in [6.07, 6.45) is 5.13. The lowest BCUT2D eigenvalue weighted by Gasteiger charge is -2.50. The minimum absolute atomic E-state index is 0.221. The van der Waals surface area contributed by atoms with Crippen molar-refractivity contribution in [3.05, 3.63) is 52.6 Å². The van der Waals surface area contributed by atoms with E-state index < -0.39 is 0 Å². The van der Waals surface area contributed by atoms with Gasteiger partial charge in [-0.2, -0.15) is 0 Å². The van der Waals surface area contributed by atoms with Gasteiger partial charge in [0.2, 0.25) is 0 Å². The second kappa shape index (κ2) is 6.59. The number of nitrogens with zero attached hydrogens (tertiary/aromatic N) is 1. The molecule has 0 unspecified atom stereocenters. The van der Waals surface area contributed by atoms with E-state index in [9.17, 15) is 9.90 Å². The van der Waals surface area contributed by atoms with E-state index in [0.717, 1.165) is 35.3 Å². The lowest BCUT2D eigenvalue weighted by molar-refractivity contribution is -0.139. The van der Waals surface area contributed by atoms with Crippen LogP contribution in [-0.2, 0) is 22.4 Å². The average molecular weight is 365 g/mol. The number of ether oxygens (including phenoxy) is 1. The Balaban J connectivity index is 1.74. The zero-order chi connectivity index (χ0) is 19.2. The van der Waals surface area contributed by atoms with Crippen LogP contribution >= 0.6 is 0 Å². The molecule has 1 saturated carbocycles. The lowest BCUT2D eigenvalue weighted by atomic mass is 9.63. The Morgan fingerprint density at radius 1 is 1.19 bits per heavy atom. The third-order valence-corrected chi connectivity index (χ3v) is 6.48. The third-order valence-electron chi connectivity index (χ3n) is 6.48. The number of hydrogen-bond donors (Lipinski definition) is 1. The number of hydrogen-bond acceptors (Lipinski definition) is 4. The Labute approximate surface area is 160 Å². The monoisotopic (exact) mass is 365 g/mol. The summed E-state index contributed by atoms with van der Waals surface area (Å²) < 4.78 is 4.76. The Morgan fingerprint density at radius 2 is 1.89 bits per heavy atom. The molecule has 0 amide bonds. The van der Waals surface area contributed by atoms with Crippen molar-refractivity contribution in [1.29, 1.82) is 0 Å². The molecule has 2 aliphatic rings. The van der Waals surface area contributed by atoms with E-state index >= 15 is 0 Å². The Hall–Kier alpha value is -2.49. The molecule has 0 atom stereocenters. The van der Waals surface area contributed by atoms with Crippen LogP contribution in [0, 0.1) is 19.3 Å². The Morgan fingerprint density at radius 3 is 2.48 bits per heavy atom. The summed E-state index contributed by atoms with van der Waals surface area (Å²) in [6, 6.07) is 10.2. The van der Waals surface area contributed by atoms with E-state index in [1.54, 1.807) is 0 Å². The first-order valence-corrected chi connectivity index (χ1v) is 9.68. The molecule has 0 saturated heterocycles. The molecule has 1 spiro atoms. The highest BCUT2D eigenvalue weighted by Gasteiger charge is 2.43. The Bertz CT molecular complexity index is 881. The molecule has 1 heterocycles. The van der Waals surface area contributed by atoms with E-state index in [0.29, 0.717) is 17.6 Å². The van der Waals surface area contributed by atoms with Gasteiger partial charge in [0, 0.05) is 17.9 Å². The van der Waals surface area contributed by atoms with Gasteiger partial charge in [-0.15, -0.1) is 0 Å². The van der Waals surface area contributed by atoms with Crippen LogP contribution in [0.1, 0.15) is 41.5 Å². The van der Waals surface area contributed by atoms with Crippen molar-refractivity contribution in [3.63, 3.8) is 0 Å². The minimum atomic E-state index is -0.221. The van der Waals surface area contributed by atoms with Gasteiger partial charge in [-0.25, -0.2) is 0 Å². The highest BCUT2D eigenvalue weighted by molar-refractivity contribution is 5.76. The first-order valence-electron chi connectivity index (χ1n) is 9.68. The number of carbonyl (C=O) groups excluding carboxylic acids is 1. The number of carbonyl (C=O) groups is 1. The van der Waals surface area contributed by atoms with Crippen molar-refractivity contribution >= 4 is 17.3 Å². The van der Waals surface area contributed by atoms with Gasteiger partial charge in [0.05, 0.1) is 13.5 Å². The summed E-state index contributed by atoms with van der Waals surface area (Å²) >= 11 is 0. The molecule has 2 aromatic carbocycles. The molecule has 27 heavy (non-hydrogen) atoms. The molecule has 1 fully saturated rings. The van der Waals surface area contributed by atoms with E-state index in [4.69, 9.17) is 4.74 Å². The van der Waals surface area contributed by atoms with Gasteiger partial charge in [-0.3, -0.25) is 4.79 Å². The summed E-state index contributed by atoms with van der Waals surface area (Å²) in [5, 5.41) is 10.4. The Kier molecular flexibility index (Phi) is 4.37. The molecule has 4 nitrogen and oxygen atoms in total. The van der Waals surface area contributed by atoms with Crippen LogP contribution in [0.5, 0.6) is 5.75 Å². The maximum Gasteiger partial charge on any atom is 0.309 e. The summed E-state index contributed by atoms with van der Waals surface area (Å²) in [4.78, 5) is 13.9. The van der Waals surface area contributed by atoms with Crippen LogP contribution < -0.4 is 4.90 Å².